The number of nitrogens with one attached hydrogen (secondary N) is 2. The van der Waals surface area contributed by atoms with E-state index in [-0.39, 0.29) is 11.8 Å². The number of hydrazine groups is 1. The van der Waals surface area contributed by atoms with E-state index in [9.17, 15) is 9.59 Å². The van der Waals surface area contributed by atoms with Crippen molar-refractivity contribution in [3.8, 4) is 11.3 Å². The molecule has 1 aliphatic rings. The van der Waals surface area contributed by atoms with Crippen LogP contribution in [-0.2, 0) is 12.8 Å². The van der Waals surface area contributed by atoms with Crippen molar-refractivity contribution in [1.29, 1.82) is 0 Å². The van der Waals surface area contributed by atoms with Crippen molar-refractivity contribution >= 4 is 34.1 Å². The number of hydrogen-bond acceptors (Lipinski definition) is 5. The lowest BCUT2D eigenvalue weighted by Crippen LogP contribution is -2.41. The Balaban J connectivity index is 1.41. The zero-order chi connectivity index (χ0) is 20.5. The van der Waals surface area contributed by atoms with E-state index in [1.807, 2.05) is 42.5 Å². The van der Waals surface area contributed by atoms with E-state index in [1.54, 1.807) is 18.5 Å². The van der Waals surface area contributed by atoms with Crippen molar-refractivity contribution in [2.45, 2.75) is 19.3 Å². The molecule has 2 amide bonds. The SMILES string of the molecule is O=C(NNC(=O)c1cc(-c2ccncc2)nc2ccccc12)c1cc2c(s1)CCC2. The fraction of sp³-hybridized carbons (Fsp3) is 0.130. The largest absolute Gasteiger partial charge is 0.279 e. The molecule has 6 nitrogen and oxygen atoms in total. The van der Waals surface area contributed by atoms with Gasteiger partial charge in [-0.25, -0.2) is 4.98 Å². The van der Waals surface area contributed by atoms with Gasteiger partial charge in [-0.15, -0.1) is 11.3 Å². The van der Waals surface area contributed by atoms with Crippen LogP contribution in [0.15, 0.2) is 60.9 Å². The summed E-state index contributed by atoms with van der Waals surface area (Å²) >= 11 is 1.50. The topological polar surface area (TPSA) is 84.0 Å². The van der Waals surface area contributed by atoms with Gasteiger partial charge in [0.1, 0.15) is 0 Å². The molecular formula is C23H18N4O2S. The van der Waals surface area contributed by atoms with Crippen molar-refractivity contribution in [1.82, 2.24) is 20.8 Å². The summed E-state index contributed by atoms with van der Waals surface area (Å²) in [4.78, 5) is 36.1. The van der Waals surface area contributed by atoms with Crippen LogP contribution in [-0.4, -0.2) is 21.8 Å². The lowest BCUT2D eigenvalue weighted by molar-refractivity contribution is 0.0850. The number of hydrogen-bond donors (Lipinski definition) is 2. The van der Waals surface area contributed by atoms with E-state index >= 15 is 0 Å². The number of carbonyl (C=O) groups is 2. The Morgan fingerprint density at radius 2 is 1.73 bits per heavy atom. The van der Waals surface area contributed by atoms with Crippen LogP contribution in [0.4, 0.5) is 0 Å². The van der Waals surface area contributed by atoms with E-state index < -0.39 is 0 Å². The second kappa shape index (κ2) is 7.68. The fourth-order valence-electron chi connectivity index (χ4n) is 3.72. The number of para-hydroxylation sites is 1. The summed E-state index contributed by atoms with van der Waals surface area (Å²) in [6.45, 7) is 0. The molecule has 30 heavy (non-hydrogen) atoms. The number of pyridine rings is 2. The van der Waals surface area contributed by atoms with Crippen LogP contribution in [0.1, 0.15) is 36.9 Å². The number of fused-ring (bicyclic) bond motifs is 2. The molecule has 7 heteroatoms. The van der Waals surface area contributed by atoms with Crippen LogP contribution < -0.4 is 10.9 Å². The first kappa shape index (κ1) is 18.4. The molecule has 0 spiro atoms. The van der Waals surface area contributed by atoms with E-state index in [4.69, 9.17) is 0 Å². The van der Waals surface area contributed by atoms with Crippen molar-refractivity contribution < 1.29 is 9.59 Å². The predicted octanol–water partition coefficient (Wildman–Crippen LogP) is 3.92. The number of aromatic nitrogens is 2. The van der Waals surface area contributed by atoms with Gasteiger partial charge in [0, 0.05) is 28.2 Å². The van der Waals surface area contributed by atoms with Crippen LogP contribution in [0, 0.1) is 0 Å². The quantitative estimate of drug-likeness (QED) is 0.498. The van der Waals surface area contributed by atoms with Gasteiger partial charge < -0.3 is 0 Å². The van der Waals surface area contributed by atoms with Gasteiger partial charge in [-0.3, -0.25) is 25.4 Å². The summed E-state index contributed by atoms with van der Waals surface area (Å²) in [7, 11) is 0. The van der Waals surface area contributed by atoms with Gasteiger partial charge in [-0.2, -0.15) is 0 Å². The molecule has 3 heterocycles. The van der Waals surface area contributed by atoms with E-state index in [2.05, 4.69) is 20.8 Å². The summed E-state index contributed by atoms with van der Waals surface area (Å²) in [6, 6.07) is 14.8. The van der Waals surface area contributed by atoms with Crippen LogP contribution >= 0.6 is 11.3 Å². The number of amides is 2. The molecule has 0 bridgehead atoms. The molecule has 0 unspecified atom stereocenters. The molecule has 4 aromatic rings. The first-order valence-electron chi connectivity index (χ1n) is 9.71. The minimum absolute atomic E-state index is 0.296. The maximum atomic E-state index is 13.0. The van der Waals surface area contributed by atoms with Crippen LogP contribution in [0.25, 0.3) is 22.2 Å². The van der Waals surface area contributed by atoms with Gasteiger partial charge in [0.2, 0.25) is 0 Å². The van der Waals surface area contributed by atoms with Gasteiger partial charge in [0.25, 0.3) is 11.8 Å². The molecule has 0 saturated carbocycles. The molecule has 0 atom stereocenters. The first-order chi connectivity index (χ1) is 14.7. The second-order valence-corrected chi connectivity index (χ2v) is 8.27. The van der Waals surface area contributed by atoms with Crippen molar-refractivity contribution in [2.24, 2.45) is 0 Å². The third-order valence-electron chi connectivity index (χ3n) is 5.20. The molecule has 0 saturated heterocycles. The smallest absolute Gasteiger partial charge is 0.267 e. The average molecular weight is 414 g/mol. The van der Waals surface area contributed by atoms with Gasteiger partial charge in [-0.05, 0) is 55.2 Å². The Labute approximate surface area is 177 Å². The highest BCUT2D eigenvalue weighted by molar-refractivity contribution is 7.14. The molecule has 1 aromatic carbocycles. The summed E-state index contributed by atoms with van der Waals surface area (Å²) in [5.74, 6) is -0.683. The first-order valence-corrected chi connectivity index (χ1v) is 10.5. The number of benzene rings is 1. The van der Waals surface area contributed by atoms with Crippen LogP contribution in [0.2, 0.25) is 0 Å². The molecule has 0 aliphatic heterocycles. The lowest BCUT2D eigenvalue weighted by atomic mass is 10.0. The summed E-state index contributed by atoms with van der Waals surface area (Å²) in [5, 5.41) is 0.720. The normalized spacial score (nSPS) is 12.5. The molecule has 0 radical (unpaired) electrons. The van der Waals surface area contributed by atoms with Gasteiger partial charge in [0.05, 0.1) is 21.7 Å². The highest BCUT2D eigenvalue weighted by atomic mass is 32.1. The van der Waals surface area contributed by atoms with Crippen LogP contribution in [0.5, 0.6) is 0 Å². The molecule has 5 rings (SSSR count). The number of nitrogens with zero attached hydrogens (tertiary/aromatic N) is 2. The maximum Gasteiger partial charge on any atom is 0.279 e. The Morgan fingerprint density at radius 1 is 0.933 bits per heavy atom. The summed E-state index contributed by atoms with van der Waals surface area (Å²) in [5.41, 5.74) is 9.04. The number of aryl methyl sites for hydroxylation is 2. The summed E-state index contributed by atoms with van der Waals surface area (Å²) in [6.07, 6.45) is 6.57. The minimum atomic E-state index is -0.388. The van der Waals surface area contributed by atoms with E-state index in [0.717, 1.165) is 30.2 Å². The maximum absolute atomic E-state index is 13.0. The van der Waals surface area contributed by atoms with E-state index in [1.165, 1.54) is 21.8 Å². The Hall–Kier alpha value is -3.58. The third kappa shape index (κ3) is 3.44. The van der Waals surface area contributed by atoms with Crippen LogP contribution in [0.3, 0.4) is 0 Å². The lowest BCUT2D eigenvalue weighted by Gasteiger charge is -2.11. The highest BCUT2D eigenvalue weighted by Crippen LogP contribution is 2.30. The number of carbonyl (C=O) groups excluding carboxylic acids is 2. The van der Waals surface area contributed by atoms with Gasteiger partial charge in [-0.1, -0.05) is 18.2 Å². The van der Waals surface area contributed by atoms with Gasteiger partial charge in [0.15, 0.2) is 0 Å². The van der Waals surface area contributed by atoms with Gasteiger partial charge >= 0.3 is 0 Å². The monoisotopic (exact) mass is 414 g/mol. The number of thiophene rings is 1. The average Bonchev–Trinajstić information content (AvgIpc) is 3.39. The van der Waals surface area contributed by atoms with Crippen molar-refractivity contribution in [3.63, 3.8) is 0 Å². The molecule has 0 fully saturated rings. The zero-order valence-electron chi connectivity index (χ0n) is 16.0. The fourth-order valence-corrected chi connectivity index (χ4v) is 4.87. The summed E-state index contributed by atoms with van der Waals surface area (Å²) < 4.78 is 0. The Bertz CT molecular complexity index is 1250. The van der Waals surface area contributed by atoms with E-state index in [0.29, 0.717) is 21.7 Å². The number of rotatable bonds is 3. The van der Waals surface area contributed by atoms with Crippen molar-refractivity contribution in [2.75, 3.05) is 0 Å². The standard InChI is InChI=1S/C23H18N4O2S/c28-22(26-27-23(29)21-12-15-4-3-7-20(15)30-21)17-13-19(14-8-10-24-11-9-14)25-18-6-2-1-5-16(17)18/h1-2,5-6,8-13H,3-4,7H2,(H,26,28)(H,27,29). The molecule has 1 aliphatic carbocycles. The molecule has 148 valence electrons. The molecule has 2 N–H and O–H groups in total. The minimum Gasteiger partial charge on any atom is -0.267 e. The van der Waals surface area contributed by atoms with Crippen molar-refractivity contribution in [3.05, 3.63) is 81.8 Å². The Morgan fingerprint density at radius 3 is 2.57 bits per heavy atom. The Kier molecular flexibility index (Phi) is 4.72. The predicted molar refractivity (Wildman–Crippen MR) is 116 cm³/mol. The zero-order valence-corrected chi connectivity index (χ0v) is 16.8. The highest BCUT2D eigenvalue weighted by Gasteiger charge is 2.19. The molecule has 3 aromatic heterocycles. The second-order valence-electron chi connectivity index (χ2n) is 7.13. The molecular weight excluding hydrogens is 396 g/mol. The third-order valence-corrected chi connectivity index (χ3v) is 6.43.